The van der Waals surface area contributed by atoms with Gasteiger partial charge in [-0.15, -0.1) is 12.4 Å². The van der Waals surface area contributed by atoms with Crippen LogP contribution in [0.2, 0.25) is 0 Å². The minimum atomic E-state index is 0. The number of nitrogens with zero attached hydrogens (tertiary/aromatic N) is 1. The number of hydrogen-bond donors (Lipinski definition) is 1. The molecule has 1 amide bonds. The lowest BCUT2D eigenvalue weighted by Crippen LogP contribution is -2.32. The Balaban J connectivity index is 0.00000200. The number of amides is 1. The number of halogens is 1. The van der Waals surface area contributed by atoms with Crippen LogP contribution in [0.1, 0.15) is 31.7 Å². The highest BCUT2D eigenvalue weighted by atomic mass is 35.5. The SMILES string of the molecule is CCCN(Cc1ccccc1)C(=O)CC1CCNC1.Cl. The normalized spacial score (nSPS) is 17.6. The quantitative estimate of drug-likeness (QED) is 0.875. The second-order valence-electron chi connectivity index (χ2n) is 5.36. The van der Waals surface area contributed by atoms with Crippen molar-refractivity contribution in [2.24, 2.45) is 5.92 Å². The van der Waals surface area contributed by atoms with E-state index in [1.54, 1.807) is 0 Å². The maximum Gasteiger partial charge on any atom is 0.223 e. The van der Waals surface area contributed by atoms with Crippen molar-refractivity contribution in [1.82, 2.24) is 10.2 Å². The predicted octanol–water partition coefficient (Wildman–Crippen LogP) is 2.85. The molecule has 1 saturated heterocycles. The van der Waals surface area contributed by atoms with Gasteiger partial charge in [0, 0.05) is 19.5 Å². The van der Waals surface area contributed by atoms with E-state index in [-0.39, 0.29) is 12.4 Å². The summed E-state index contributed by atoms with van der Waals surface area (Å²) < 4.78 is 0. The summed E-state index contributed by atoms with van der Waals surface area (Å²) in [7, 11) is 0. The lowest BCUT2D eigenvalue weighted by molar-refractivity contribution is -0.132. The van der Waals surface area contributed by atoms with E-state index in [4.69, 9.17) is 0 Å². The summed E-state index contributed by atoms with van der Waals surface area (Å²) in [6.45, 7) is 5.78. The second kappa shape index (κ2) is 8.98. The van der Waals surface area contributed by atoms with Crippen molar-refractivity contribution in [3.63, 3.8) is 0 Å². The largest absolute Gasteiger partial charge is 0.338 e. The Labute approximate surface area is 128 Å². The Morgan fingerprint density at radius 1 is 1.35 bits per heavy atom. The van der Waals surface area contributed by atoms with Gasteiger partial charge in [0.15, 0.2) is 0 Å². The van der Waals surface area contributed by atoms with Crippen molar-refractivity contribution in [3.05, 3.63) is 35.9 Å². The van der Waals surface area contributed by atoms with Gasteiger partial charge in [-0.3, -0.25) is 4.79 Å². The van der Waals surface area contributed by atoms with E-state index in [9.17, 15) is 4.79 Å². The molecule has 1 unspecified atom stereocenters. The Bertz CT molecular complexity index is 391. The van der Waals surface area contributed by atoms with Gasteiger partial charge in [0.2, 0.25) is 5.91 Å². The Kier molecular flexibility index (Phi) is 7.63. The molecule has 0 saturated carbocycles. The molecule has 1 aromatic carbocycles. The van der Waals surface area contributed by atoms with Gasteiger partial charge in [-0.2, -0.15) is 0 Å². The van der Waals surface area contributed by atoms with Crippen LogP contribution in [0.25, 0.3) is 0 Å². The van der Waals surface area contributed by atoms with Crippen LogP contribution in [-0.4, -0.2) is 30.4 Å². The Morgan fingerprint density at radius 2 is 2.10 bits per heavy atom. The third-order valence-electron chi connectivity index (χ3n) is 3.69. The Hall–Kier alpha value is -1.06. The molecule has 1 aliphatic rings. The van der Waals surface area contributed by atoms with Crippen LogP contribution in [0.15, 0.2) is 30.3 Å². The van der Waals surface area contributed by atoms with Crippen LogP contribution in [0.4, 0.5) is 0 Å². The van der Waals surface area contributed by atoms with Crippen LogP contribution in [0, 0.1) is 5.92 Å². The van der Waals surface area contributed by atoms with Crippen molar-refractivity contribution >= 4 is 18.3 Å². The van der Waals surface area contributed by atoms with Crippen molar-refractivity contribution < 1.29 is 4.79 Å². The molecular formula is C16H25ClN2O. The van der Waals surface area contributed by atoms with Gasteiger partial charge >= 0.3 is 0 Å². The smallest absolute Gasteiger partial charge is 0.223 e. The van der Waals surface area contributed by atoms with E-state index >= 15 is 0 Å². The highest BCUT2D eigenvalue weighted by Gasteiger charge is 2.21. The standard InChI is InChI=1S/C16H24N2O.ClH/c1-2-10-18(13-14-6-4-3-5-7-14)16(19)11-15-8-9-17-12-15;/h3-7,15,17H,2,8-13H2,1H3;1H. The Morgan fingerprint density at radius 3 is 2.70 bits per heavy atom. The molecule has 0 aliphatic carbocycles. The first kappa shape index (κ1) is 17.0. The van der Waals surface area contributed by atoms with E-state index in [0.29, 0.717) is 18.2 Å². The summed E-state index contributed by atoms with van der Waals surface area (Å²) in [4.78, 5) is 14.4. The zero-order valence-electron chi connectivity index (χ0n) is 12.2. The summed E-state index contributed by atoms with van der Waals surface area (Å²) in [5.74, 6) is 0.835. The van der Waals surface area contributed by atoms with Gasteiger partial charge < -0.3 is 10.2 Å². The average molecular weight is 297 g/mol. The van der Waals surface area contributed by atoms with Crippen LogP contribution in [0.5, 0.6) is 0 Å². The molecule has 1 fully saturated rings. The fourth-order valence-electron chi connectivity index (χ4n) is 2.63. The number of hydrogen-bond acceptors (Lipinski definition) is 2. The van der Waals surface area contributed by atoms with Crippen LogP contribution < -0.4 is 5.32 Å². The third kappa shape index (κ3) is 5.14. The molecular weight excluding hydrogens is 272 g/mol. The molecule has 3 nitrogen and oxygen atoms in total. The molecule has 4 heteroatoms. The molecule has 1 aliphatic heterocycles. The van der Waals surface area contributed by atoms with Crippen molar-refractivity contribution in [3.8, 4) is 0 Å². The zero-order chi connectivity index (χ0) is 13.5. The van der Waals surface area contributed by atoms with Gasteiger partial charge in [0.1, 0.15) is 0 Å². The fourth-order valence-corrected chi connectivity index (χ4v) is 2.63. The molecule has 0 radical (unpaired) electrons. The van der Waals surface area contributed by atoms with Gasteiger partial charge in [0.05, 0.1) is 0 Å². The monoisotopic (exact) mass is 296 g/mol. The zero-order valence-corrected chi connectivity index (χ0v) is 13.0. The lowest BCUT2D eigenvalue weighted by atomic mass is 10.0. The maximum absolute atomic E-state index is 12.4. The van der Waals surface area contributed by atoms with Gasteiger partial charge in [0.25, 0.3) is 0 Å². The van der Waals surface area contributed by atoms with Crippen LogP contribution in [-0.2, 0) is 11.3 Å². The fraction of sp³-hybridized carbons (Fsp3) is 0.562. The predicted molar refractivity (Wildman–Crippen MR) is 85.0 cm³/mol. The first-order chi connectivity index (χ1) is 9.29. The van der Waals surface area contributed by atoms with Crippen LogP contribution in [0.3, 0.4) is 0 Å². The molecule has 1 N–H and O–H groups in total. The maximum atomic E-state index is 12.4. The van der Waals surface area contributed by atoms with E-state index < -0.39 is 0 Å². The number of benzene rings is 1. The minimum absolute atomic E-state index is 0. The molecule has 1 heterocycles. The molecule has 0 spiro atoms. The van der Waals surface area contributed by atoms with Gasteiger partial charge in [-0.05, 0) is 37.4 Å². The van der Waals surface area contributed by atoms with E-state index in [1.807, 2.05) is 23.1 Å². The third-order valence-corrected chi connectivity index (χ3v) is 3.69. The second-order valence-corrected chi connectivity index (χ2v) is 5.36. The van der Waals surface area contributed by atoms with E-state index in [0.717, 1.165) is 39.0 Å². The van der Waals surface area contributed by atoms with Crippen molar-refractivity contribution in [1.29, 1.82) is 0 Å². The summed E-state index contributed by atoms with van der Waals surface area (Å²) in [5.41, 5.74) is 1.22. The minimum Gasteiger partial charge on any atom is -0.338 e. The van der Waals surface area contributed by atoms with E-state index in [1.165, 1.54) is 5.56 Å². The molecule has 0 bridgehead atoms. The van der Waals surface area contributed by atoms with Crippen molar-refractivity contribution in [2.75, 3.05) is 19.6 Å². The summed E-state index contributed by atoms with van der Waals surface area (Å²) >= 11 is 0. The molecule has 2 rings (SSSR count). The average Bonchev–Trinajstić information content (AvgIpc) is 2.92. The lowest BCUT2D eigenvalue weighted by Gasteiger charge is -2.23. The molecule has 20 heavy (non-hydrogen) atoms. The van der Waals surface area contributed by atoms with Crippen molar-refractivity contribution in [2.45, 2.75) is 32.7 Å². The molecule has 1 atom stereocenters. The molecule has 112 valence electrons. The highest BCUT2D eigenvalue weighted by molar-refractivity contribution is 5.85. The summed E-state index contributed by atoms with van der Waals surface area (Å²) in [6, 6.07) is 10.3. The summed E-state index contributed by atoms with van der Waals surface area (Å²) in [5, 5.41) is 3.33. The highest BCUT2D eigenvalue weighted by Crippen LogP contribution is 2.15. The number of nitrogens with one attached hydrogen (secondary N) is 1. The first-order valence-corrected chi connectivity index (χ1v) is 7.32. The van der Waals surface area contributed by atoms with Crippen LogP contribution >= 0.6 is 12.4 Å². The number of carbonyl (C=O) groups is 1. The molecule has 0 aromatic heterocycles. The van der Waals surface area contributed by atoms with Gasteiger partial charge in [-0.25, -0.2) is 0 Å². The number of rotatable bonds is 6. The molecule has 1 aromatic rings. The topological polar surface area (TPSA) is 32.3 Å². The first-order valence-electron chi connectivity index (χ1n) is 7.32. The van der Waals surface area contributed by atoms with E-state index in [2.05, 4.69) is 24.4 Å². The summed E-state index contributed by atoms with van der Waals surface area (Å²) in [6.07, 6.45) is 2.85. The number of carbonyl (C=O) groups excluding carboxylic acids is 1. The van der Waals surface area contributed by atoms with Gasteiger partial charge in [-0.1, -0.05) is 37.3 Å².